The maximum Gasteiger partial charge on any atom is 0.417 e. The van der Waals surface area contributed by atoms with Crippen molar-refractivity contribution in [1.82, 2.24) is 4.98 Å². The van der Waals surface area contributed by atoms with Crippen molar-refractivity contribution >= 4 is 29.3 Å². The van der Waals surface area contributed by atoms with Crippen molar-refractivity contribution in [3.63, 3.8) is 0 Å². The summed E-state index contributed by atoms with van der Waals surface area (Å²) < 4.78 is 42.6. The second-order valence-electron chi connectivity index (χ2n) is 6.90. The van der Waals surface area contributed by atoms with Crippen LogP contribution >= 0.6 is 11.6 Å². The van der Waals surface area contributed by atoms with Crippen LogP contribution in [0.15, 0.2) is 12.3 Å². The largest absolute Gasteiger partial charge is 0.456 e. The van der Waals surface area contributed by atoms with Gasteiger partial charge in [-0.05, 0) is 43.1 Å². The first-order chi connectivity index (χ1) is 12.2. The third kappa shape index (κ3) is 4.47. The van der Waals surface area contributed by atoms with Crippen LogP contribution in [0.1, 0.15) is 37.7 Å². The Balaban J connectivity index is 1.46. The summed E-state index contributed by atoms with van der Waals surface area (Å²) in [6.45, 7) is -0.529. The van der Waals surface area contributed by atoms with Crippen LogP contribution < -0.4 is 5.32 Å². The minimum Gasteiger partial charge on any atom is -0.456 e. The number of amides is 1. The van der Waals surface area contributed by atoms with Crippen molar-refractivity contribution in [2.24, 2.45) is 17.8 Å². The van der Waals surface area contributed by atoms with Gasteiger partial charge in [0, 0.05) is 12.6 Å². The maximum atomic E-state index is 12.6. The second kappa shape index (κ2) is 7.42. The van der Waals surface area contributed by atoms with Crippen molar-refractivity contribution in [2.45, 2.75) is 38.3 Å². The molecule has 1 aromatic rings. The molecule has 2 aliphatic rings. The van der Waals surface area contributed by atoms with Gasteiger partial charge in [0.2, 0.25) is 0 Å². The van der Waals surface area contributed by atoms with E-state index in [9.17, 15) is 22.8 Å². The van der Waals surface area contributed by atoms with Gasteiger partial charge in [-0.25, -0.2) is 4.98 Å². The standard InChI is InChI=1S/C17H18ClF3N2O3/c18-13-6-12(17(19,20)21)7-22-16(13)23-14(24)8-26-15(25)5-11-4-9-1-2-10(11)3-9/h6-7,9-11H,1-5,8H2,(H,22,23,24). The number of aromatic nitrogens is 1. The van der Waals surface area contributed by atoms with Gasteiger partial charge in [-0.1, -0.05) is 18.0 Å². The molecule has 2 fully saturated rings. The number of carbonyl (C=O) groups excluding carboxylic acids is 2. The molecule has 1 N–H and O–H groups in total. The number of alkyl halides is 3. The Hall–Kier alpha value is -1.83. The van der Waals surface area contributed by atoms with Gasteiger partial charge in [0.1, 0.15) is 0 Å². The summed E-state index contributed by atoms with van der Waals surface area (Å²) in [5.74, 6) is 0.263. The summed E-state index contributed by atoms with van der Waals surface area (Å²) in [5.41, 5.74) is -1.02. The number of ether oxygens (including phenoxy) is 1. The molecule has 5 nitrogen and oxygen atoms in total. The molecule has 142 valence electrons. The summed E-state index contributed by atoms with van der Waals surface area (Å²) in [4.78, 5) is 27.2. The molecule has 26 heavy (non-hydrogen) atoms. The second-order valence-corrected chi connectivity index (χ2v) is 7.31. The summed E-state index contributed by atoms with van der Waals surface area (Å²) in [6.07, 6.45) is 0.902. The predicted molar refractivity (Wildman–Crippen MR) is 87.4 cm³/mol. The van der Waals surface area contributed by atoms with Crippen LogP contribution in [0, 0.1) is 17.8 Å². The lowest BCUT2D eigenvalue weighted by Gasteiger charge is -2.20. The number of rotatable bonds is 5. The molecule has 3 unspecified atom stereocenters. The Kier molecular flexibility index (Phi) is 5.41. The highest BCUT2D eigenvalue weighted by atomic mass is 35.5. The molecule has 3 rings (SSSR count). The number of halogens is 4. The summed E-state index contributed by atoms with van der Waals surface area (Å²) in [7, 11) is 0. The van der Waals surface area contributed by atoms with E-state index in [1.54, 1.807) is 0 Å². The number of carbonyl (C=O) groups is 2. The topological polar surface area (TPSA) is 68.3 Å². The molecule has 2 bridgehead atoms. The Morgan fingerprint density at radius 3 is 2.65 bits per heavy atom. The van der Waals surface area contributed by atoms with Crippen molar-refractivity contribution in [3.8, 4) is 0 Å². The zero-order valence-corrected chi connectivity index (χ0v) is 14.6. The van der Waals surface area contributed by atoms with Crippen LogP contribution in [0.3, 0.4) is 0 Å². The molecule has 0 radical (unpaired) electrons. The number of esters is 1. The molecule has 3 atom stereocenters. The van der Waals surface area contributed by atoms with Crippen molar-refractivity contribution < 1.29 is 27.5 Å². The van der Waals surface area contributed by atoms with E-state index in [4.69, 9.17) is 16.3 Å². The molecule has 9 heteroatoms. The third-order valence-corrected chi connectivity index (χ3v) is 5.39. The maximum absolute atomic E-state index is 12.6. The van der Waals surface area contributed by atoms with Gasteiger partial charge in [-0.15, -0.1) is 0 Å². The molecule has 0 aromatic carbocycles. The molecular formula is C17H18ClF3N2O3. The molecule has 0 spiro atoms. The fourth-order valence-corrected chi connectivity index (χ4v) is 4.11. The molecule has 1 heterocycles. The quantitative estimate of drug-likeness (QED) is 0.770. The highest BCUT2D eigenvalue weighted by Gasteiger charge is 2.40. The van der Waals surface area contributed by atoms with Gasteiger partial charge in [0.15, 0.2) is 12.4 Å². The molecule has 1 amide bonds. The molecule has 1 aromatic heterocycles. The zero-order chi connectivity index (χ0) is 18.9. The van der Waals surface area contributed by atoms with Gasteiger partial charge >= 0.3 is 12.1 Å². The van der Waals surface area contributed by atoms with E-state index in [1.165, 1.54) is 12.8 Å². The van der Waals surface area contributed by atoms with Gasteiger partial charge < -0.3 is 10.1 Å². The highest BCUT2D eigenvalue weighted by molar-refractivity contribution is 6.33. The van der Waals surface area contributed by atoms with Gasteiger partial charge in [0.25, 0.3) is 5.91 Å². The normalized spacial score (nSPS) is 24.5. The number of fused-ring (bicyclic) bond motifs is 2. The SMILES string of the molecule is O=C(COC(=O)CC1CC2CCC1C2)Nc1ncc(C(F)(F)F)cc1Cl. The van der Waals surface area contributed by atoms with Gasteiger partial charge in [0.05, 0.1) is 10.6 Å². The monoisotopic (exact) mass is 390 g/mol. The summed E-state index contributed by atoms with van der Waals surface area (Å²) in [6, 6.07) is 0.672. The average Bonchev–Trinajstić information content (AvgIpc) is 3.16. The van der Waals surface area contributed by atoms with E-state index < -0.39 is 30.2 Å². The van der Waals surface area contributed by atoms with E-state index in [2.05, 4.69) is 10.3 Å². The number of hydrogen-bond acceptors (Lipinski definition) is 4. The van der Waals surface area contributed by atoms with Crippen LogP contribution in [-0.2, 0) is 20.5 Å². The Morgan fingerprint density at radius 1 is 1.31 bits per heavy atom. The molecule has 0 saturated heterocycles. The van der Waals surface area contributed by atoms with E-state index in [0.29, 0.717) is 36.4 Å². The van der Waals surface area contributed by atoms with E-state index in [-0.39, 0.29) is 10.8 Å². The smallest absolute Gasteiger partial charge is 0.417 e. The van der Waals surface area contributed by atoms with Gasteiger partial charge in [-0.2, -0.15) is 13.2 Å². The zero-order valence-electron chi connectivity index (χ0n) is 13.8. The summed E-state index contributed by atoms with van der Waals surface area (Å²) in [5, 5.41) is 1.89. The lowest BCUT2D eigenvalue weighted by molar-refractivity contribution is -0.148. The Labute approximate surface area is 153 Å². The number of pyridine rings is 1. The molecular weight excluding hydrogens is 373 g/mol. The van der Waals surface area contributed by atoms with E-state index >= 15 is 0 Å². The highest BCUT2D eigenvalue weighted by Crippen LogP contribution is 2.49. The van der Waals surface area contributed by atoms with Crippen molar-refractivity contribution in [1.29, 1.82) is 0 Å². The number of hydrogen-bond donors (Lipinski definition) is 1. The first-order valence-electron chi connectivity index (χ1n) is 8.40. The number of nitrogens with zero attached hydrogens (tertiary/aromatic N) is 1. The molecule has 0 aliphatic heterocycles. The third-order valence-electron chi connectivity index (χ3n) is 5.10. The lowest BCUT2D eigenvalue weighted by Crippen LogP contribution is -2.23. The molecule has 2 saturated carbocycles. The average molecular weight is 391 g/mol. The fourth-order valence-electron chi connectivity index (χ4n) is 3.90. The van der Waals surface area contributed by atoms with Crippen LogP contribution in [0.25, 0.3) is 0 Å². The van der Waals surface area contributed by atoms with E-state index in [0.717, 1.165) is 12.8 Å². The first kappa shape index (κ1) is 18.9. The lowest BCUT2D eigenvalue weighted by atomic mass is 9.86. The Morgan fingerprint density at radius 2 is 2.08 bits per heavy atom. The number of nitrogens with one attached hydrogen (secondary N) is 1. The van der Waals surface area contributed by atoms with Crippen LogP contribution in [0.4, 0.5) is 19.0 Å². The predicted octanol–water partition coefficient (Wildman–Crippen LogP) is 4.06. The minimum absolute atomic E-state index is 0.214. The van der Waals surface area contributed by atoms with Gasteiger partial charge in [-0.3, -0.25) is 9.59 Å². The first-order valence-corrected chi connectivity index (χ1v) is 8.78. The van der Waals surface area contributed by atoms with Crippen molar-refractivity contribution in [2.75, 3.05) is 11.9 Å². The van der Waals surface area contributed by atoms with Crippen molar-refractivity contribution in [3.05, 3.63) is 22.8 Å². The van der Waals surface area contributed by atoms with Crippen LogP contribution in [0.5, 0.6) is 0 Å². The number of anilines is 1. The summed E-state index contributed by atoms with van der Waals surface area (Å²) >= 11 is 5.71. The fraction of sp³-hybridized carbons (Fsp3) is 0.588. The van der Waals surface area contributed by atoms with Crippen LogP contribution in [-0.4, -0.2) is 23.5 Å². The van der Waals surface area contributed by atoms with Crippen LogP contribution in [0.2, 0.25) is 5.02 Å². The minimum atomic E-state index is -4.58. The molecule has 2 aliphatic carbocycles. The van der Waals surface area contributed by atoms with E-state index in [1.807, 2.05) is 0 Å². The Bertz CT molecular complexity index is 711.